The SMILES string of the molecule is CNC(c1cc(C)cc(F)c1)c1cnc2ccccc2n1. The zero-order valence-electron chi connectivity index (χ0n) is 12.0. The minimum Gasteiger partial charge on any atom is -0.308 e. The molecule has 21 heavy (non-hydrogen) atoms. The van der Waals surface area contributed by atoms with Crippen molar-refractivity contribution in [3.63, 3.8) is 0 Å². The number of nitrogens with zero attached hydrogens (tertiary/aromatic N) is 2. The van der Waals surface area contributed by atoms with Crippen LogP contribution in [0.15, 0.2) is 48.7 Å². The second-order valence-electron chi connectivity index (χ2n) is 5.07. The third-order valence-corrected chi connectivity index (χ3v) is 3.45. The molecule has 0 saturated carbocycles. The smallest absolute Gasteiger partial charge is 0.123 e. The van der Waals surface area contributed by atoms with E-state index in [1.807, 2.05) is 44.3 Å². The van der Waals surface area contributed by atoms with E-state index in [1.165, 1.54) is 12.1 Å². The second-order valence-corrected chi connectivity index (χ2v) is 5.07. The van der Waals surface area contributed by atoms with Crippen LogP contribution in [0.2, 0.25) is 0 Å². The van der Waals surface area contributed by atoms with Crippen molar-refractivity contribution in [3.05, 3.63) is 71.3 Å². The summed E-state index contributed by atoms with van der Waals surface area (Å²) >= 11 is 0. The molecule has 1 heterocycles. The molecule has 0 aliphatic carbocycles. The average molecular weight is 281 g/mol. The van der Waals surface area contributed by atoms with Gasteiger partial charge in [0.05, 0.1) is 29.0 Å². The molecular formula is C17H16FN3. The van der Waals surface area contributed by atoms with Crippen molar-refractivity contribution in [2.75, 3.05) is 7.05 Å². The quantitative estimate of drug-likeness (QED) is 0.799. The molecule has 3 nitrogen and oxygen atoms in total. The third-order valence-electron chi connectivity index (χ3n) is 3.45. The van der Waals surface area contributed by atoms with E-state index in [-0.39, 0.29) is 11.9 Å². The number of fused-ring (bicyclic) bond motifs is 1. The van der Waals surface area contributed by atoms with Gasteiger partial charge in [0.2, 0.25) is 0 Å². The van der Waals surface area contributed by atoms with Crippen LogP contribution in [0.3, 0.4) is 0 Å². The lowest BCUT2D eigenvalue weighted by atomic mass is 10.0. The summed E-state index contributed by atoms with van der Waals surface area (Å²) in [6, 6.07) is 12.5. The number of hydrogen-bond donors (Lipinski definition) is 1. The van der Waals surface area contributed by atoms with Gasteiger partial charge in [-0.15, -0.1) is 0 Å². The number of nitrogens with one attached hydrogen (secondary N) is 1. The predicted octanol–water partition coefficient (Wildman–Crippen LogP) is 3.39. The molecule has 0 fully saturated rings. The number of aromatic nitrogens is 2. The Morgan fingerprint density at radius 1 is 1.10 bits per heavy atom. The molecule has 0 aliphatic heterocycles. The largest absolute Gasteiger partial charge is 0.308 e. The first-order valence-electron chi connectivity index (χ1n) is 6.83. The lowest BCUT2D eigenvalue weighted by molar-refractivity contribution is 0.612. The van der Waals surface area contributed by atoms with Crippen molar-refractivity contribution in [2.45, 2.75) is 13.0 Å². The average Bonchev–Trinajstić information content (AvgIpc) is 2.47. The molecule has 1 aromatic heterocycles. The van der Waals surface area contributed by atoms with Crippen LogP contribution in [0.25, 0.3) is 11.0 Å². The summed E-state index contributed by atoms with van der Waals surface area (Å²) < 4.78 is 13.6. The molecule has 0 aliphatic rings. The standard InChI is InChI=1S/C17H16FN3/c1-11-7-12(9-13(18)8-11)17(19-2)16-10-20-14-5-3-4-6-15(14)21-16/h3-10,17,19H,1-2H3. The van der Waals surface area contributed by atoms with Crippen LogP contribution in [0, 0.1) is 12.7 Å². The molecule has 106 valence electrons. The zero-order chi connectivity index (χ0) is 14.8. The normalized spacial score (nSPS) is 12.5. The predicted molar refractivity (Wildman–Crippen MR) is 81.6 cm³/mol. The van der Waals surface area contributed by atoms with E-state index in [4.69, 9.17) is 0 Å². The molecule has 0 spiro atoms. The Balaban J connectivity index is 2.08. The number of halogens is 1. The highest BCUT2D eigenvalue weighted by Crippen LogP contribution is 2.23. The van der Waals surface area contributed by atoms with Crippen molar-refractivity contribution >= 4 is 11.0 Å². The summed E-state index contributed by atoms with van der Waals surface area (Å²) in [5.74, 6) is -0.237. The maximum absolute atomic E-state index is 13.6. The van der Waals surface area contributed by atoms with E-state index < -0.39 is 0 Å². The second kappa shape index (κ2) is 5.58. The van der Waals surface area contributed by atoms with E-state index in [0.717, 1.165) is 27.9 Å². The number of para-hydroxylation sites is 2. The molecule has 1 atom stereocenters. The third kappa shape index (κ3) is 2.76. The number of hydrogen-bond acceptors (Lipinski definition) is 3. The highest BCUT2D eigenvalue weighted by molar-refractivity contribution is 5.73. The van der Waals surface area contributed by atoms with Crippen LogP contribution >= 0.6 is 0 Å². The summed E-state index contributed by atoms with van der Waals surface area (Å²) in [5, 5.41) is 3.18. The zero-order valence-corrected chi connectivity index (χ0v) is 12.0. The maximum atomic E-state index is 13.6. The fraction of sp³-hybridized carbons (Fsp3) is 0.176. The van der Waals surface area contributed by atoms with Gasteiger partial charge in [-0.25, -0.2) is 9.37 Å². The molecule has 3 rings (SSSR count). The van der Waals surface area contributed by atoms with Crippen molar-refractivity contribution in [1.29, 1.82) is 0 Å². The van der Waals surface area contributed by atoms with Crippen molar-refractivity contribution in [2.24, 2.45) is 0 Å². The van der Waals surface area contributed by atoms with Gasteiger partial charge in [-0.1, -0.05) is 18.2 Å². The van der Waals surface area contributed by atoms with Crippen molar-refractivity contribution in [3.8, 4) is 0 Å². The van der Waals surface area contributed by atoms with Crippen LogP contribution in [-0.4, -0.2) is 17.0 Å². The molecule has 3 aromatic rings. The van der Waals surface area contributed by atoms with Gasteiger partial charge < -0.3 is 5.32 Å². The first-order chi connectivity index (χ1) is 10.2. The molecular weight excluding hydrogens is 265 g/mol. The fourth-order valence-electron chi connectivity index (χ4n) is 2.53. The Morgan fingerprint density at radius 3 is 2.57 bits per heavy atom. The Kier molecular flexibility index (Phi) is 3.62. The van der Waals surface area contributed by atoms with Crippen LogP contribution < -0.4 is 5.32 Å². The van der Waals surface area contributed by atoms with Crippen LogP contribution in [-0.2, 0) is 0 Å². The molecule has 0 saturated heterocycles. The number of benzene rings is 2. The van der Waals surface area contributed by atoms with Gasteiger partial charge in [0.15, 0.2) is 0 Å². The lowest BCUT2D eigenvalue weighted by Gasteiger charge is -2.17. The van der Waals surface area contributed by atoms with Crippen molar-refractivity contribution in [1.82, 2.24) is 15.3 Å². The van der Waals surface area contributed by atoms with Gasteiger partial charge in [0.1, 0.15) is 5.82 Å². The van der Waals surface area contributed by atoms with Gasteiger partial charge in [0.25, 0.3) is 0 Å². The van der Waals surface area contributed by atoms with E-state index in [0.29, 0.717) is 0 Å². The van der Waals surface area contributed by atoms with E-state index >= 15 is 0 Å². The highest BCUT2D eigenvalue weighted by Gasteiger charge is 2.15. The van der Waals surface area contributed by atoms with Crippen LogP contribution in [0.5, 0.6) is 0 Å². The molecule has 0 radical (unpaired) electrons. The molecule has 2 aromatic carbocycles. The van der Waals surface area contributed by atoms with Gasteiger partial charge in [-0.05, 0) is 49.4 Å². The highest BCUT2D eigenvalue weighted by atomic mass is 19.1. The minimum atomic E-state index is -0.237. The summed E-state index contributed by atoms with van der Waals surface area (Å²) in [5.41, 5.74) is 4.20. The fourth-order valence-corrected chi connectivity index (χ4v) is 2.53. The summed E-state index contributed by atoms with van der Waals surface area (Å²) in [6.45, 7) is 1.88. The Labute approximate surface area is 122 Å². The molecule has 4 heteroatoms. The summed E-state index contributed by atoms with van der Waals surface area (Å²) in [7, 11) is 1.84. The molecule has 1 unspecified atom stereocenters. The van der Waals surface area contributed by atoms with Crippen LogP contribution in [0.1, 0.15) is 22.9 Å². The lowest BCUT2D eigenvalue weighted by Crippen LogP contribution is -2.19. The van der Waals surface area contributed by atoms with E-state index in [1.54, 1.807) is 6.20 Å². The summed E-state index contributed by atoms with van der Waals surface area (Å²) in [4.78, 5) is 9.06. The molecule has 0 amide bonds. The maximum Gasteiger partial charge on any atom is 0.123 e. The van der Waals surface area contributed by atoms with Crippen molar-refractivity contribution < 1.29 is 4.39 Å². The topological polar surface area (TPSA) is 37.8 Å². The van der Waals surface area contributed by atoms with E-state index in [2.05, 4.69) is 15.3 Å². The van der Waals surface area contributed by atoms with Crippen LogP contribution in [0.4, 0.5) is 4.39 Å². The van der Waals surface area contributed by atoms with E-state index in [9.17, 15) is 4.39 Å². The minimum absolute atomic E-state index is 0.184. The van der Waals surface area contributed by atoms with Gasteiger partial charge in [-0.3, -0.25) is 4.98 Å². The monoisotopic (exact) mass is 281 g/mol. The number of rotatable bonds is 3. The molecule has 0 bridgehead atoms. The Morgan fingerprint density at radius 2 is 1.86 bits per heavy atom. The number of aryl methyl sites for hydroxylation is 1. The Hall–Kier alpha value is -2.33. The first kappa shape index (κ1) is 13.6. The van der Waals surface area contributed by atoms with Gasteiger partial charge >= 0.3 is 0 Å². The first-order valence-corrected chi connectivity index (χ1v) is 6.83. The molecule has 1 N–H and O–H groups in total. The summed E-state index contributed by atoms with van der Waals surface area (Å²) in [6.07, 6.45) is 1.74. The van der Waals surface area contributed by atoms with Gasteiger partial charge in [0, 0.05) is 0 Å². The Bertz CT molecular complexity index is 766. The van der Waals surface area contributed by atoms with Gasteiger partial charge in [-0.2, -0.15) is 0 Å².